The molecule has 0 aromatic carbocycles. The summed E-state index contributed by atoms with van der Waals surface area (Å²) >= 11 is 0. The number of carbonyl (C=O) groups excluding carboxylic acids is 1. The van der Waals surface area contributed by atoms with Crippen molar-refractivity contribution >= 4 is 5.97 Å². The molecule has 1 atom stereocenters. The molecule has 0 aromatic rings. The Balaban J connectivity index is 2.37. The fourth-order valence-corrected chi connectivity index (χ4v) is 2.32. The first-order valence-corrected chi connectivity index (χ1v) is 6.57. The van der Waals surface area contributed by atoms with E-state index in [9.17, 15) is 4.79 Å². The van der Waals surface area contributed by atoms with E-state index in [1.165, 1.54) is 19.3 Å². The number of nitrogens with zero attached hydrogens (tertiary/aromatic N) is 1. The average molecular weight is 227 g/mol. The second-order valence-corrected chi connectivity index (χ2v) is 4.90. The van der Waals surface area contributed by atoms with Gasteiger partial charge < -0.3 is 4.74 Å². The van der Waals surface area contributed by atoms with Crippen LogP contribution < -0.4 is 0 Å². The van der Waals surface area contributed by atoms with Crippen LogP contribution in [0.2, 0.25) is 0 Å². The molecule has 1 rings (SSSR count). The van der Waals surface area contributed by atoms with Gasteiger partial charge in [0.05, 0.1) is 12.5 Å². The van der Waals surface area contributed by atoms with Crippen molar-refractivity contribution in [1.29, 1.82) is 0 Å². The van der Waals surface area contributed by atoms with Crippen LogP contribution in [0.3, 0.4) is 0 Å². The summed E-state index contributed by atoms with van der Waals surface area (Å²) in [5.74, 6) is -0.0487. The number of esters is 1. The zero-order valence-electron chi connectivity index (χ0n) is 10.9. The van der Waals surface area contributed by atoms with Crippen LogP contribution in [-0.4, -0.2) is 36.1 Å². The lowest BCUT2D eigenvalue weighted by atomic mass is 10.0. The summed E-state index contributed by atoms with van der Waals surface area (Å²) in [4.78, 5) is 14.1. The molecule has 0 N–H and O–H groups in total. The minimum Gasteiger partial charge on any atom is -0.463 e. The maximum Gasteiger partial charge on any atom is 0.307 e. The summed E-state index contributed by atoms with van der Waals surface area (Å²) in [7, 11) is 0. The Bertz CT molecular complexity index is 210. The average Bonchev–Trinajstić information content (AvgIpc) is 2.26. The highest BCUT2D eigenvalue weighted by atomic mass is 16.5. The second kappa shape index (κ2) is 6.89. The molecule has 0 spiro atoms. The number of hydrogen-bond acceptors (Lipinski definition) is 3. The van der Waals surface area contributed by atoms with Gasteiger partial charge in [-0.1, -0.05) is 13.3 Å². The van der Waals surface area contributed by atoms with Crippen molar-refractivity contribution in [3.8, 4) is 0 Å². The van der Waals surface area contributed by atoms with Crippen LogP contribution in [0.1, 0.15) is 52.9 Å². The molecule has 3 nitrogen and oxygen atoms in total. The SMILES string of the molecule is CCC(CC(=O)OC(C)C)N1CCCCC1. The molecule has 1 saturated heterocycles. The zero-order valence-corrected chi connectivity index (χ0v) is 10.9. The van der Waals surface area contributed by atoms with E-state index in [0.717, 1.165) is 19.5 Å². The molecule has 1 unspecified atom stereocenters. The molecule has 1 aliphatic rings. The zero-order chi connectivity index (χ0) is 12.0. The van der Waals surface area contributed by atoms with Crippen molar-refractivity contribution in [3.05, 3.63) is 0 Å². The van der Waals surface area contributed by atoms with Gasteiger partial charge in [-0.05, 0) is 46.2 Å². The number of piperidine rings is 1. The second-order valence-electron chi connectivity index (χ2n) is 4.90. The largest absolute Gasteiger partial charge is 0.463 e. The molecule has 0 saturated carbocycles. The Morgan fingerprint density at radius 2 is 1.88 bits per heavy atom. The summed E-state index contributed by atoms with van der Waals surface area (Å²) in [6.07, 6.45) is 5.47. The van der Waals surface area contributed by atoms with Crippen LogP contribution in [0.25, 0.3) is 0 Å². The number of carbonyl (C=O) groups is 1. The van der Waals surface area contributed by atoms with Gasteiger partial charge in [0, 0.05) is 6.04 Å². The normalized spacial score (nSPS) is 19.8. The molecule has 1 aliphatic heterocycles. The van der Waals surface area contributed by atoms with Gasteiger partial charge in [-0.25, -0.2) is 0 Å². The van der Waals surface area contributed by atoms with Crippen LogP contribution in [0, 0.1) is 0 Å². The minimum atomic E-state index is -0.0487. The van der Waals surface area contributed by atoms with Crippen molar-refractivity contribution in [3.63, 3.8) is 0 Å². The van der Waals surface area contributed by atoms with Crippen LogP contribution in [0.15, 0.2) is 0 Å². The van der Waals surface area contributed by atoms with Gasteiger partial charge in [0.1, 0.15) is 0 Å². The lowest BCUT2D eigenvalue weighted by Crippen LogP contribution is -2.40. The maximum atomic E-state index is 11.6. The van der Waals surface area contributed by atoms with Crippen molar-refractivity contribution in [2.45, 2.75) is 65.0 Å². The monoisotopic (exact) mass is 227 g/mol. The van der Waals surface area contributed by atoms with E-state index in [1.54, 1.807) is 0 Å². The van der Waals surface area contributed by atoms with Crippen molar-refractivity contribution in [2.75, 3.05) is 13.1 Å². The standard InChI is InChI=1S/C13H25NO2/c1-4-12(10-13(15)16-11(2)3)14-8-6-5-7-9-14/h11-12H,4-10H2,1-3H3. The van der Waals surface area contributed by atoms with E-state index in [2.05, 4.69) is 11.8 Å². The van der Waals surface area contributed by atoms with Gasteiger partial charge in [-0.3, -0.25) is 9.69 Å². The molecule has 0 radical (unpaired) electrons. The number of rotatable bonds is 5. The van der Waals surface area contributed by atoms with Gasteiger partial charge >= 0.3 is 5.97 Å². The topological polar surface area (TPSA) is 29.5 Å². The summed E-state index contributed by atoms with van der Waals surface area (Å²) in [6.45, 7) is 8.25. The Morgan fingerprint density at radius 1 is 1.25 bits per heavy atom. The predicted octanol–water partition coefficient (Wildman–Crippen LogP) is 2.59. The summed E-state index contributed by atoms with van der Waals surface area (Å²) in [5, 5.41) is 0. The molecule has 0 aliphatic carbocycles. The summed E-state index contributed by atoms with van der Waals surface area (Å²) in [5.41, 5.74) is 0. The fourth-order valence-electron chi connectivity index (χ4n) is 2.32. The first-order valence-electron chi connectivity index (χ1n) is 6.57. The van der Waals surface area contributed by atoms with Crippen LogP contribution in [-0.2, 0) is 9.53 Å². The Kier molecular flexibility index (Phi) is 5.81. The van der Waals surface area contributed by atoms with E-state index in [-0.39, 0.29) is 12.1 Å². The molecule has 0 bridgehead atoms. The summed E-state index contributed by atoms with van der Waals surface area (Å²) < 4.78 is 5.21. The highest BCUT2D eigenvalue weighted by Crippen LogP contribution is 2.17. The van der Waals surface area contributed by atoms with Gasteiger partial charge in [-0.15, -0.1) is 0 Å². The third-order valence-corrected chi connectivity index (χ3v) is 3.15. The van der Waals surface area contributed by atoms with E-state index >= 15 is 0 Å². The maximum absolute atomic E-state index is 11.6. The quantitative estimate of drug-likeness (QED) is 0.676. The van der Waals surface area contributed by atoms with E-state index in [0.29, 0.717) is 12.5 Å². The van der Waals surface area contributed by atoms with Crippen LogP contribution >= 0.6 is 0 Å². The van der Waals surface area contributed by atoms with Crippen molar-refractivity contribution in [1.82, 2.24) is 4.90 Å². The molecule has 0 amide bonds. The first kappa shape index (κ1) is 13.5. The third kappa shape index (κ3) is 4.52. The molecule has 1 heterocycles. The minimum absolute atomic E-state index is 0.00589. The van der Waals surface area contributed by atoms with Crippen molar-refractivity contribution < 1.29 is 9.53 Å². The van der Waals surface area contributed by atoms with Crippen molar-refractivity contribution in [2.24, 2.45) is 0 Å². The number of ether oxygens (including phenoxy) is 1. The Morgan fingerprint density at radius 3 is 2.38 bits per heavy atom. The number of hydrogen-bond donors (Lipinski definition) is 0. The molecule has 16 heavy (non-hydrogen) atoms. The smallest absolute Gasteiger partial charge is 0.307 e. The van der Waals surface area contributed by atoms with Gasteiger partial charge in [-0.2, -0.15) is 0 Å². The van der Waals surface area contributed by atoms with E-state index in [1.807, 2.05) is 13.8 Å². The molecular formula is C13H25NO2. The van der Waals surface area contributed by atoms with Gasteiger partial charge in [0.2, 0.25) is 0 Å². The van der Waals surface area contributed by atoms with Gasteiger partial charge in [0.25, 0.3) is 0 Å². The lowest BCUT2D eigenvalue weighted by Gasteiger charge is -2.33. The molecule has 0 aromatic heterocycles. The predicted molar refractivity (Wildman–Crippen MR) is 65.3 cm³/mol. The Hall–Kier alpha value is -0.570. The highest BCUT2D eigenvalue weighted by Gasteiger charge is 2.22. The molecule has 94 valence electrons. The highest BCUT2D eigenvalue weighted by molar-refractivity contribution is 5.70. The summed E-state index contributed by atoms with van der Waals surface area (Å²) in [6, 6.07) is 0.381. The molecule has 3 heteroatoms. The van der Waals surface area contributed by atoms with Crippen LogP contribution in [0.5, 0.6) is 0 Å². The lowest BCUT2D eigenvalue weighted by molar-refractivity contribution is -0.149. The fraction of sp³-hybridized carbons (Fsp3) is 0.923. The van der Waals surface area contributed by atoms with Crippen LogP contribution in [0.4, 0.5) is 0 Å². The molecule has 1 fully saturated rings. The number of likely N-dealkylation sites (tertiary alicyclic amines) is 1. The first-order chi connectivity index (χ1) is 7.63. The van der Waals surface area contributed by atoms with E-state index < -0.39 is 0 Å². The third-order valence-electron chi connectivity index (χ3n) is 3.15. The molecular weight excluding hydrogens is 202 g/mol. The van der Waals surface area contributed by atoms with E-state index in [4.69, 9.17) is 4.74 Å². The Labute approximate surface area is 99.1 Å². The van der Waals surface area contributed by atoms with Gasteiger partial charge in [0.15, 0.2) is 0 Å².